The van der Waals surface area contributed by atoms with Crippen molar-refractivity contribution in [1.29, 1.82) is 0 Å². The Balaban J connectivity index is 2.20. The normalized spacial score (nSPS) is 17.8. The van der Waals surface area contributed by atoms with Gasteiger partial charge in [-0.2, -0.15) is 0 Å². The Bertz CT molecular complexity index is 183. The van der Waals surface area contributed by atoms with Gasteiger partial charge in [0.2, 0.25) is 11.8 Å². The minimum atomic E-state index is -0.252. The van der Waals surface area contributed by atoms with E-state index in [4.69, 9.17) is 0 Å². The van der Waals surface area contributed by atoms with E-state index >= 15 is 0 Å². The fourth-order valence-corrected chi connectivity index (χ4v) is 1.72. The Morgan fingerprint density at radius 1 is 1.33 bits per heavy atom. The molecular weight excluding hydrogens is 154 g/mol. The Kier molecular flexibility index (Phi) is 3.26. The lowest BCUT2D eigenvalue weighted by Gasteiger charge is -2.06. The van der Waals surface area contributed by atoms with Gasteiger partial charge >= 0.3 is 0 Å². The van der Waals surface area contributed by atoms with Crippen molar-refractivity contribution in [2.45, 2.75) is 39.0 Å². The minimum Gasteiger partial charge on any atom is -0.297 e. The fraction of sp³-hybridized carbons (Fsp3) is 0.778. The molecule has 12 heavy (non-hydrogen) atoms. The number of amides is 2. The van der Waals surface area contributed by atoms with Crippen LogP contribution in [0.4, 0.5) is 0 Å². The summed E-state index contributed by atoms with van der Waals surface area (Å²) in [6.07, 6.45) is 5.28. The molecule has 0 unspecified atom stereocenters. The van der Waals surface area contributed by atoms with Crippen LogP contribution in [0.1, 0.15) is 39.0 Å². The molecule has 0 radical (unpaired) electrons. The summed E-state index contributed by atoms with van der Waals surface area (Å²) in [5, 5.41) is 2.29. The summed E-state index contributed by atoms with van der Waals surface area (Å²) in [5.41, 5.74) is 0. The monoisotopic (exact) mass is 169 g/mol. The zero-order valence-electron chi connectivity index (χ0n) is 7.43. The first-order valence-electron chi connectivity index (χ1n) is 4.49. The van der Waals surface area contributed by atoms with E-state index in [1.165, 1.54) is 19.8 Å². The maximum atomic E-state index is 11.1. The molecule has 0 saturated heterocycles. The molecule has 0 atom stereocenters. The number of carbonyl (C=O) groups excluding carboxylic acids is 2. The van der Waals surface area contributed by atoms with Gasteiger partial charge in [0.05, 0.1) is 0 Å². The largest absolute Gasteiger partial charge is 0.297 e. The molecule has 68 valence electrons. The minimum absolute atomic E-state index is 0.116. The third kappa shape index (κ3) is 3.03. The molecule has 0 bridgehead atoms. The molecule has 1 fully saturated rings. The molecule has 1 rings (SSSR count). The molecule has 1 saturated carbocycles. The van der Waals surface area contributed by atoms with Crippen LogP contribution in [0.2, 0.25) is 0 Å². The van der Waals surface area contributed by atoms with Gasteiger partial charge in [-0.15, -0.1) is 0 Å². The van der Waals surface area contributed by atoms with E-state index in [1.807, 2.05) is 0 Å². The molecule has 0 spiro atoms. The highest BCUT2D eigenvalue weighted by molar-refractivity contribution is 5.93. The zero-order chi connectivity index (χ0) is 8.97. The van der Waals surface area contributed by atoms with Crippen LogP contribution in [0.25, 0.3) is 0 Å². The molecule has 1 aliphatic carbocycles. The van der Waals surface area contributed by atoms with Crippen molar-refractivity contribution in [3.05, 3.63) is 0 Å². The van der Waals surface area contributed by atoms with Crippen LogP contribution in [-0.4, -0.2) is 11.8 Å². The van der Waals surface area contributed by atoms with Gasteiger partial charge in [-0.05, 0) is 18.8 Å². The number of hydrogen-bond acceptors (Lipinski definition) is 2. The number of carbonyl (C=O) groups is 2. The van der Waals surface area contributed by atoms with Crippen LogP contribution in [-0.2, 0) is 9.59 Å². The topological polar surface area (TPSA) is 46.2 Å². The Morgan fingerprint density at radius 3 is 2.42 bits per heavy atom. The number of rotatable bonds is 2. The van der Waals surface area contributed by atoms with Crippen molar-refractivity contribution in [2.24, 2.45) is 5.92 Å². The summed E-state index contributed by atoms with van der Waals surface area (Å²) >= 11 is 0. The molecule has 2 amide bonds. The molecule has 3 heteroatoms. The molecule has 0 aliphatic heterocycles. The lowest BCUT2D eigenvalue weighted by atomic mass is 10.0. The van der Waals surface area contributed by atoms with Gasteiger partial charge in [0.1, 0.15) is 0 Å². The number of nitrogens with one attached hydrogen (secondary N) is 1. The summed E-state index contributed by atoms with van der Waals surface area (Å²) in [7, 11) is 0. The number of hydrogen-bond donors (Lipinski definition) is 1. The molecule has 0 aromatic heterocycles. The Hall–Kier alpha value is -0.860. The second kappa shape index (κ2) is 4.24. The zero-order valence-corrected chi connectivity index (χ0v) is 7.43. The third-order valence-electron chi connectivity index (χ3n) is 2.26. The van der Waals surface area contributed by atoms with Gasteiger partial charge in [-0.1, -0.05) is 12.8 Å². The summed E-state index contributed by atoms with van der Waals surface area (Å²) in [6, 6.07) is 0. The first kappa shape index (κ1) is 9.23. The first-order chi connectivity index (χ1) is 5.68. The SMILES string of the molecule is CC(=O)NC(=O)CC1CCCC1. The summed E-state index contributed by atoms with van der Waals surface area (Å²) in [5.74, 6) is 0.150. The fourth-order valence-electron chi connectivity index (χ4n) is 1.72. The first-order valence-corrected chi connectivity index (χ1v) is 4.49. The van der Waals surface area contributed by atoms with E-state index in [0.717, 1.165) is 12.8 Å². The number of imide groups is 1. The maximum absolute atomic E-state index is 11.1. The van der Waals surface area contributed by atoms with Gasteiger partial charge in [0, 0.05) is 13.3 Å². The average molecular weight is 169 g/mol. The smallest absolute Gasteiger partial charge is 0.226 e. The van der Waals surface area contributed by atoms with Gasteiger partial charge in [0.25, 0.3) is 0 Å². The molecule has 0 aromatic rings. The van der Waals surface area contributed by atoms with E-state index < -0.39 is 0 Å². The van der Waals surface area contributed by atoms with Gasteiger partial charge in [-0.3, -0.25) is 14.9 Å². The highest BCUT2D eigenvalue weighted by Crippen LogP contribution is 2.27. The van der Waals surface area contributed by atoms with Crippen LogP contribution in [0.3, 0.4) is 0 Å². The summed E-state index contributed by atoms with van der Waals surface area (Å²) < 4.78 is 0. The lowest BCUT2D eigenvalue weighted by Crippen LogP contribution is -2.29. The molecule has 0 heterocycles. The average Bonchev–Trinajstić information content (AvgIpc) is 2.37. The van der Waals surface area contributed by atoms with Gasteiger partial charge in [-0.25, -0.2) is 0 Å². The van der Waals surface area contributed by atoms with E-state index in [0.29, 0.717) is 12.3 Å². The molecule has 3 nitrogen and oxygen atoms in total. The van der Waals surface area contributed by atoms with Gasteiger partial charge < -0.3 is 0 Å². The standard InChI is InChI=1S/C9H15NO2/c1-7(11)10-9(12)6-8-4-2-3-5-8/h8H,2-6H2,1H3,(H,10,11,12). The van der Waals surface area contributed by atoms with Crippen molar-refractivity contribution in [3.63, 3.8) is 0 Å². The van der Waals surface area contributed by atoms with E-state index in [-0.39, 0.29) is 11.8 Å². The molecular formula is C9H15NO2. The van der Waals surface area contributed by atoms with Crippen molar-refractivity contribution in [3.8, 4) is 0 Å². The highest BCUT2D eigenvalue weighted by Gasteiger charge is 2.18. The predicted molar refractivity (Wildman–Crippen MR) is 45.4 cm³/mol. The quantitative estimate of drug-likeness (QED) is 0.675. The van der Waals surface area contributed by atoms with Gasteiger partial charge in [0.15, 0.2) is 0 Å². The summed E-state index contributed by atoms with van der Waals surface area (Å²) in [4.78, 5) is 21.6. The van der Waals surface area contributed by atoms with Crippen LogP contribution in [0.15, 0.2) is 0 Å². The second-order valence-corrected chi connectivity index (χ2v) is 3.46. The molecule has 1 N–H and O–H groups in total. The van der Waals surface area contributed by atoms with E-state index in [1.54, 1.807) is 0 Å². The van der Waals surface area contributed by atoms with Crippen LogP contribution < -0.4 is 5.32 Å². The molecule has 0 aromatic carbocycles. The van der Waals surface area contributed by atoms with E-state index in [9.17, 15) is 9.59 Å². The Labute approximate surface area is 72.5 Å². The van der Waals surface area contributed by atoms with E-state index in [2.05, 4.69) is 5.32 Å². The van der Waals surface area contributed by atoms with Crippen molar-refractivity contribution < 1.29 is 9.59 Å². The van der Waals surface area contributed by atoms with Crippen LogP contribution in [0.5, 0.6) is 0 Å². The highest BCUT2D eigenvalue weighted by atomic mass is 16.2. The second-order valence-electron chi connectivity index (χ2n) is 3.46. The van der Waals surface area contributed by atoms with Crippen molar-refractivity contribution in [2.75, 3.05) is 0 Å². The van der Waals surface area contributed by atoms with Crippen LogP contribution >= 0.6 is 0 Å². The Morgan fingerprint density at radius 2 is 1.92 bits per heavy atom. The predicted octanol–water partition coefficient (Wildman–Crippen LogP) is 1.23. The third-order valence-corrected chi connectivity index (χ3v) is 2.26. The summed E-state index contributed by atoms with van der Waals surface area (Å²) in [6.45, 7) is 1.37. The maximum Gasteiger partial charge on any atom is 0.226 e. The molecule has 1 aliphatic rings. The lowest BCUT2D eigenvalue weighted by molar-refractivity contribution is -0.129. The van der Waals surface area contributed by atoms with Crippen molar-refractivity contribution in [1.82, 2.24) is 5.32 Å². The van der Waals surface area contributed by atoms with Crippen molar-refractivity contribution >= 4 is 11.8 Å². The van der Waals surface area contributed by atoms with Crippen LogP contribution in [0, 0.1) is 5.92 Å².